The third-order valence-electron chi connectivity index (χ3n) is 5.90. The second-order valence-electron chi connectivity index (χ2n) is 8.81. The topological polar surface area (TPSA) is 122 Å². The smallest absolute Gasteiger partial charge is 0.271 e. The van der Waals surface area contributed by atoms with Crippen LogP contribution in [0.1, 0.15) is 34.0 Å². The molecule has 1 N–H and O–H groups in total. The van der Waals surface area contributed by atoms with Crippen LogP contribution in [-0.2, 0) is 13.2 Å². The summed E-state index contributed by atoms with van der Waals surface area (Å²) >= 11 is 2.13. The Balaban J connectivity index is 1.40. The second-order valence-corrected chi connectivity index (χ2v) is 9.98. The number of hydrazone groups is 1. The molecule has 0 bridgehead atoms. The average Bonchev–Trinajstić information content (AvgIpc) is 3.00. The number of nitro groups is 1. The normalized spacial score (nSPS) is 10.7. The van der Waals surface area contributed by atoms with Crippen LogP contribution >= 0.6 is 22.6 Å². The minimum Gasteiger partial charge on any atom is -0.493 e. The Hall–Kier alpha value is -4.65. The molecule has 10 nitrogen and oxygen atoms in total. The zero-order valence-corrected chi connectivity index (χ0v) is 25.1. The lowest BCUT2D eigenvalue weighted by Gasteiger charge is -2.14. The molecule has 0 aliphatic carbocycles. The first-order valence-electron chi connectivity index (χ1n) is 12.9. The number of hydrogen-bond acceptors (Lipinski definition) is 8. The SMILES string of the molecule is CCOc1cc(/C=N/NC(=O)c2ccc(OCc3ccccc3)c(OC)c2)cc(I)c1OCc1ccc([N+](=O)[O-])cc1. The van der Waals surface area contributed by atoms with E-state index in [1.807, 2.05) is 43.3 Å². The molecule has 0 radical (unpaired) electrons. The fourth-order valence-electron chi connectivity index (χ4n) is 3.83. The monoisotopic (exact) mass is 681 g/mol. The maximum atomic E-state index is 12.8. The van der Waals surface area contributed by atoms with Crippen LogP contribution in [0.4, 0.5) is 5.69 Å². The molecule has 0 atom stereocenters. The molecule has 0 unspecified atom stereocenters. The van der Waals surface area contributed by atoms with Crippen molar-refractivity contribution in [2.75, 3.05) is 13.7 Å². The maximum Gasteiger partial charge on any atom is 0.271 e. The van der Waals surface area contributed by atoms with Crippen LogP contribution in [0.3, 0.4) is 0 Å². The highest BCUT2D eigenvalue weighted by atomic mass is 127. The highest BCUT2D eigenvalue weighted by Crippen LogP contribution is 2.35. The van der Waals surface area contributed by atoms with Crippen LogP contribution in [0.25, 0.3) is 0 Å². The van der Waals surface area contributed by atoms with Gasteiger partial charge in [0, 0.05) is 17.7 Å². The highest BCUT2D eigenvalue weighted by Gasteiger charge is 2.14. The molecule has 0 spiro atoms. The molecule has 0 fully saturated rings. The van der Waals surface area contributed by atoms with Crippen LogP contribution in [0.15, 0.2) is 90.0 Å². The van der Waals surface area contributed by atoms with Crippen LogP contribution in [-0.4, -0.2) is 30.8 Å². The molecule has 0 aromatic heterocycles. The van der Waals surface area contributed by atoms with Crippen molar-refractivity contribution in [1.82, 2.24) is 5.43 Å². The summed E-state index contributed by atoms with van der Waals surface area (Å²) in [4.78, 5) is 23.2. The second kappa shape index (κ2) is 14.8. The minimum absolute atomic E-state index is 0.0167. The molecule has 11 heteroatoms. The summed E-state index contributed by atoms with van der Waals surface area (Å²) in [6.07, 6.45) is 1.51. The quantitative estimate of drug-likeness (QED) is 0.0738. The lowest BCUT2D eigenvalue weighted by atomic mass is 10.2. The van der Waals surface area contributed by atoms with Gasteiger partial charge in [0.1, 0.15) is 13.2 Å². The number of methoxy groups -OCH3 is 1. The number of rotatable bonds is 13. The van der Waals surface area contributed by atoms with Gasteiger partial charge in [-0.05, 0) is 88.7 Å². The number of carbonyl (C=O) groups is 1. The van der Waals surface area contributed by atoms with Gasteiger partial charge in [-0.15, -0.1) is 0 Å². The van der Waals surface area contributed by atoms with Crippen LogP contribution in [0.2, 0.25) is 0 Å². The van der Waals surface area contributed by atoms with Gasteiger partial charge in [0.05, 0.1) is 28.4 Å². The van der Waals surface area contributed by atoms with Crippen molar-refractivity contribution in [3.05, 3.63) is 121 Å². The molecule has 0 aliphatic rings. The van der Waals surface area contributed by atoms with E-state index in [0.29, 0.717) is 47.3 Å². The average molecular weight is 681 g/mol. The van der Waals surface area contributed by atoms with Crippen LogP contribution < -0.4 is 24.4 Å². The molecule has 42 heavy (non-hydrogen) atoms. The molecular formula is C31H28IN3O7. The summed E-state index contributed by atoms with van der Waals surface area (Å²) in [7, 11) is 1.52. The van der Waals surface area contributed by atoms with Gasteiger partial charge in [0.2, 0.25) is 0 Å². The van der Waals surface area contributed by atoms with E-state index < -0.39 is 10.8 Å². The Morgan fingerprint density at radius 1 is 0.905 bits per heavy atom. The summed E-state index contributed by atoms with van der Waals surface area (Å²) in [5, 5.41) is 15.0. The zero-order valence-electron chi connectivity index (χ0n) is 22.9. The van der Waals surface area contributed by atoms with Gasteiger partial charge in [0.25, 0.3) is 11.6 Å². The predicted octanol–water partition coefficient (Wildman–Crippen LogP) is 6.53. The number of hydrogen-bond donors (Lipinski definition) is 1. The first-order valence-corrected chi connectivity index (χ1v) is 14.0. The first kappa shape index (κ1) is 30.3. The first-order chi connectivity index (χ1) is 20.4. The molecule has 216 valence electrons. The number of halogens is 1. The van der Waals surface area contributed by atoms with E-state index in [-0.39, 0.29) is 12.3 Å². The van der Waals surface area contributed by atoms with Crippen molar-refractivity contribution in [2.45, 2.75) is 20.1 Å². The van der Waals surface area contributed by atoms with Gasteiger partial charge < -0.3 is 18.9 Å². The van der Waals surface area contributed by atoms with E-state index in [1.165, 1.54) is 25.5 Å². The molecule has 4 aromatic rings. The number of ether oxygens (including phenoxy) is 4. The summed E-state index contributed by atoms with van der Waals surface area (Å²) in [5.41, 5.74) is 5.39. The van der Waals surface area contributed by atoms with Gasteiger partial charge in [0.15, 0.2) is 23.0 Å². The van der Waals surface area contributed by atoms with Crippen molar-refractivity contribution in [3.8, 4) is 23.0 Å². The van der Waals surface area contributed by atoms with Crippen molar-refractivity contribution in [3.63, 3.8) is 0 Å². The van der Waals surface area contributed by atoms with Gasteiger partial charge in [-0.1, -0.05) is 30.3 Å². The summed E-state index contributed by atoms with van der Waals surface area (Å²) < 4.78 is 23.8. The largest absolute Gasteiger partial charge is 0.493 e. The third-order valence-corrected chi connectivity index (χ3v) is 6.71. The number of non-ortho nitro benzene ring substituents is 1. The Bertz CT molecular complexity index is 1560. The lowest BCUT2D eigenvalue weighted by molar-refractivity contribution is -0.384. The van der Waals surface area contributed by atoms with E-state index in [9.17, 15) is 14.9 Å². The van der Waals surface area contributed by atoms with Crippen molar-refractivity contribution in [2.24, 2.45) is 5.10 Å². The third kappa shape index (κ3) is 8.19. The van der Waals surface area contributed by atoms with Crippen molar-refractivity contribution < 1.29 is 28.7 Å². The molecular weight excluding hydrogens is 653 g/mol. The molecule has 0 aliphatic heterocycles. The van der Waals surface area contributed by atoms with E-state index in [1.54, 1.807) is 36.4 Å². The Kier molecular flexibility index (Phi) is 10.7. The van der Waals surface area contributed by atoms with Gasteiger partial charge in [-0.2, -0.15) is 5.10 Å². The Morgan fingerprint density at radius 2 is 1.62 bits per heavy atom. The summed E-state index contributed by atoms with van der Waals surface area (Å²) in [5.74, 6) is 1.59. The van der Waals surface area contributed by atoms with Crippen molar-refractivity contribution >= 4 is 40.4 Å². The molecule has 0 heterocycles. The Labute approximate surface area is 256 Å². The molecule has 4 aromatic carbocycles. The van der Waals surface area contributed by atoms with E-state index in [4.69, 9.17) is 18.9 Å². The summed E-state index contributed by atoms with van der Waals surface area (Å²) in [6.45, 7) is 2.85. The van der Waals surface area contributed by atoms with Gasteiger partial charge in [-0.25, -0.2) is 5.43 Å². The standard InChI is InChI=1S/C31H28IN3O7/c1-3-40-29-16-23(15-26(32)30(29)42-20-22-9-12-25(13-10-22)35(37)38)18-33-34-31(36)24-11-14-27(28(17-24)39-2)41-19-21-7-5-4-6-8-21/h4-18H,3,19-20H2,1-2H3,(H,34,36)/b33-18+. The van der Waals surface area contributed by atoms with E-state index in [0.717, 1.165) is 14.7 Å². The molecule has 0 saturated heterocycles. The summed E-state index contributed by atoms with van der Waals surface area (Å²) in [6, 6.07) is 24.4. The number of nitrogens with one attached hydrogen (secondary N) is 1. The predicted molar refractivity (Wildman–Crippen MR) is 167 cm³/mol. The number of nitrogens with zero attached hydrogens (tertiary/aromatic N) is 2. The maximum absolute atomic E-state index is 12.8. The number of carbonyl (C=O) groups excluding carboxylic acids is 1. The molecule has 1 amide bonds. The number of nitro benzene ring substituents is 1. The van der Waals surface area contributed by atoms with Crippen molar-refractivity contribution in [1.29, 1.82) is 0 Å². The van der Waals surface area contributed by atoms with E-state index in [2.05, 4.69) is 33.1 Å². The number of benzene rings is 4. The molecule has 0 saturated carbocycles. The van der Waals surface area contributed by atoms with E-state index >= 15 is 0 Å². The molecule has 4 rings (SSSR count). The van der Waals surface area contributed by atoms with Crippen LogP contribution in [0, 0.1) is 13.7 Å². The number of amides is 1. The zero-order chi connectivity index (χ0) is 29.9. The highest BCUT2D eigenvalue weighted by molar-refractivity contribution is 14.1. The fraction of sp³-hybridized carbons (Fsp3) is 0.161. The van der Waals surface area contributed by atoms with Gasteiger partial charge >= 0.3 is 0 Å². The van der Waals surface area contributed by atoms with Gasteiger partial charge in [-0.3, -0.25) is 14.9 Å². The van der Waals surface area contributed by atoms with Crippen LogP contribution in [0.5, 0.6) is 23.0 Å². The minimum atomic E-state index is -0.445. The lowest BCUT2D eigenvalue weighted by Crippen LogP contribution is -2.17. The Morgan fingerprint density at radius 3 is 2.31 bits per heavy atom. The fourth-order valence-corrected chi connectivity index (χ4v) is 4.61.